The van der Waals surface area contributed by atoms with E-state index in [0.29, 0.717) is 24.4 Å². The molecule has 0 aliphatic heterocycles. The predicted octanol–water partition coefficient (Wildman–Crippen LogP) is 6.96. The van der Waals surface area contributed by atoms with Gasteiger partial charge < -0.3 is 15.6 Å². The lowest BCUT2D eigenvalue weighted by molar-refractivity contribution is 0.637. The largest absolute Gasteiger partial charge is 0.370 e. The summed E-state index contributed by atoms with van der Waals surface area (Å²) in [7, 11) is 0. The van der Waals surface area contributed by atoms with Gasteiger partial charge in [-0.15, -0.1) is 0 Å². The van der Waals surface area contributed by atoms with Crippen LogP contribution < -0.4 is 10.6 Å². The first-order chi connectivity index (χ1) is 17.5. The number of aromatic amines is 1. The van der Waals surface area contributed by atoms with Crippen molar-refractivity contribution in [1.29, 1.82) is 0 Å². The maximum atomic E-state index is 14.3. The summed E-state index contributed by atoms with van der Waals surface area (Å²) in [5.74, 6) is 2.02. The molecule has 0 aliphatic rings. The van der Waals surface area contributed by atoms with Gasteiger partial charge in [0.05, 0.1) is 5.52 Å². The second-order valence-corrected chi connectivity index (χ2v) is 9.13. The molecule has 3 aromatic carbocycles. The quantitative estimate of drug-likeness (QED) is 0.225. The van der Waals surface area contributed by atoms with E-state index in [1.807, 2.05) is 39.0 Å². The molecule has 0 amide bonds. The predicted molar refractivity (Wildman–Crippen MR) is 146 cm³/mol. The van der Waals surface area contributed by atoms with Crippen molar-refractivity contribution in [3.05, 3.63) is 107 Å². The number of H-pyrrole nitrogens is 1. The van der Waals surface area contributed by atoms with Gasteiger partial charge in [-0.3, -0.25) is 0 Å². The van der Waals surface area contributed by atoms with Crippen LogP contribution in [0.2, 0.25) is 0 Å². The fourth-order valence-corrected chi connectivity index (χ4v) is 4.70. The van der Waals surface area contributed by atoms with Crippen molar-refractivity contribution < 1.29 is 4.39 Å². The van der Waals surface area contributed by atoms with Gasteiger partial charge in [0.15, 0.2) is 0 Å². The lowest BCUT2D eigenvalue weighted by Gasteiger charge is -2.11. The molecule has 5 aromatic rings. The van der Waals surface area contributed by atoms with E-state index in [-0.39, 0.29) is 5.82 Å². The molecule has 0 saturated heterocycles. The number of halogens is 1. The van der Waals surface area contributed by atoms with Crippen molar-refractivity contribution in [2.45, 2.75) is 33.7 Å². The van der Waals surface area contributed by atoms with Gasteiger partial charge in [0.25, 0.3) is 0 Å². The third-order valence-electron chi connectivity index (χ3n) is 6.46. The number of benzene rings is 3. The molecule has 2 aromatic heterocycles. The minimum Gasteiger partial charge on any atom is -0.370 e. The van der Waals surface area contributed by atoms with Gasteiger partial charge in [-0.2, -0.15) is 0 Å². The molecule has 0 saturated carbocycles. The maximum absolute atomic E-state index is 14.3. The molecule has 5 rings (SSSR count). The second-order valence-electron chi connectivity index (χ2n) is 9.13. The third-order valence-corrected chi connectivity index (χ3v) is 6.46. The Morgan fingerprint density at radius 1 is 0.806 bits per heavy atom. The van der Waals surface area contributed by atoms with Gasteiger partial charge in [-0.25, -0.2) is 14.4 Å². The van der Waals surface area contributed by atoms with Crippen molar-refractivity contribution in [1.82, 2.24) is 15.0 Å². The standard InChI is InChI=1S/C30H30FN5/c1-19-12-13-26(31)30-29(19)25(20(2)34-30)14-15-32-27-17-28(36-21(3)35-27)33-18-22-8-7-11-24(16-22)23-9-5-4-6-10-23/h4-13,16-17,34H,14-15,18H2,1-3H3,(H2,32,33,35,36). The highest BCUT2D eigenvalue weighted by Crippen LogP contribution is 2.28. The number of aryl methyl sites for hydroxylation is 3. The zero-order chi connectivity index (χ0) is 25.1. The van der Waals surface area contributed by atoms with E-state index in [1.165, 1.54) is 22.8 Å². The highest BCUT2D eigenvalue weighted by atomic mass is 19.1. The molecular formula is C30H30FN5. The van der Waals surface area contributed by atoms with Gasteiger partial charge in [0, 0.05) is 30.2 Å². The summed E-state index contributed by atoms with van der Waals surface area (Å²) in [4.78, 5) is 12.3. The highest BCUT2D eigenvalue weighted by molar-refractivity contribution is 5.88. The molecule has 0 aliphatic carbocycles. The molecule has 0 unspecified atom stereocenters. The Morgan fingerprint density at radius 2 is 1.56 bits per heavy atom. The zero-order valence-electron chi connectivity index (χ0n) is 20.8. The number of fused-ring (bicyclic) bond motifs is 1. The summed E-state index contributed by atoms with van der Waals surface area (Å²) >= 11 is 0. The smallest absolute Gasteiger partial charge is 0.147 e. The van der Waals surface area contributed by atoms with Crippen molar-refractivity contribution in [2.75, 3.05) is 17.2 Å². The summed E-state index contributed by atoms with van der Waals surface area (Å²) in [5, 5.41) is 7.83. The molecule has 0 bridgehead atoms. The average molecular weight is 480 g/mol. The van der Waals surface area contributed by atoms with Gasteiger partial charge in [0.2, 0.25) is 0 Å². The molecule has 0 spiro atoms. The van der Waals surface area contributed by atoms with Crippen LogP contribution in [0.1, 0.15) is 28.2 Å². The molecule has 182 valence electrons. The SMILES string of the molecule is Cc1nc(NCCc2c(C)[nH]c3c(F)ccc(C)c23)cc(NCc2cccc(-c3ccccc3)c2)n1. The van der Waals surface area contributed by atoms with E-state index in [9.17, 15) is 4.39 Å². The molecule has 3 N–H and O–H groups in total. The van der Waals surface area contributed by atoms with Gasteiger partial charge in [-0.1, -0.05) is 54.6 Å². The molecule has 0 atom stereocenters. The highest BCUT2D eigenvalue weighted by Gasteiger charge is 2.14. The Kier molecular flexibility index (Phi) is 6.67. The molecule has 0 fully saturated rings. The summed E-state index contributed by atoms with van der Waals surface area (Å²) < 4.78 is 14.3. The zero-order valence-corrected chi connectivity index (χ0v) is 20.8. The van der Waals surface area contributed by atoms with Crippen LogP contribution in [0.15, 0.2) is 72.8 Å². The van der Waals surface area contributed by atoms with Crippen molar-refractivity contribution in [2.24, 2.45) is 0 Å². The van der Waals surface area contributed by atoms with Crippen molar-refractivity contribution >= 4 is 22.5 Å². The number of aromatic nitrogens is 3. The first-order valence-electron chi connectivity index (χ1n) is 12.2. The van der Waals surface area contributed by atoms with Gasteiger partial charge >= 0.3 is 0 Å². The number of rotatable bonds is 8. The maximum Gasteiger partial charge on any atom is 0.147 e. The Balaban J connectivity index is 1.25. The van der Waals surface area contributed by atoms with Crippen molar-refractivity contribution in [3.8, 4) is 11.1 Å². The number of anilines is 2. The van der Waals surface area contributed by atoms with E-state index in [1.54, 1.807) is 0 Å². The van der Waals surface area contributed by atoms with Crippen LogP contribution >= 0.6 is 0 Å². The molecular weight excluding hydrogens is 449 g/mol. The minimum absolute atomic E-state index is 0.214. The Labute approximate surface area is 210 Å². The summed E-state index contributed by atoms with van der Waals surface area (Å²) in [6, 6.07) is 24.2. The van der Waals surface area contributed by atoms with Crippen LogP contribution in [-0.2, 0) is 13.0 Å². The van der Waals surface area contributed by atoms with Crippen LogP contribution in [0.3, 0.4) is 0 Å². The van der Waals surface area contributed by atoms with E-state index >= 15 is 0 Å². The average Bonchev–Trinajstić information content (AvgIpc) is 3.23. The molecule has 36 heavy (non-hydrogen) atoms. The monoisotopic (exact) mass is 479 g/mol. The number of nitrogens with zero attached hydrogens (tertiary/aromatic N) is 2. The summed E-state index contributed by atoms with van der Waals surface area (Å²) in [5.41, 5.74) is 7.37. The molecule has 2 heterocycles. The first kappa shape index (κ1) is 23.5. The number of nitrogens with one attached hydrogen (secondary N) is 3. The number of hydrogen-bond acceptors (Lipinski definition) is 4. The normalized spacial score (nSPS) is 11.1. The van der Waals surface area contributed by atoms with Crippen LogP contribution in [0.25, 0.3) is 22.0 Å². The minimum atomic E-state index is -0.214. The van der Waals surface area contributed by atoms with Crippen LogP contribution in [0.4, 0.5) is 16.0 Å². The fraction of sp³-hybridized carbons (Fsp3) is 0.200. The van der Waals surface area contributed by atoms with Gasteiger partial charge in [-0.05, 0) is 67.1 Å². The molecule has 6 heteroatoms. The first-order valence-corrected chi connectivity index (χ1v) is 12.2. The van der Waals surface area contributed by atoms with E-state index in [2.05, 4.69) is 74.1 Å². The summed E-state index contributed by atoms with van der Waals surface area (Å²) in [6.45, 7) is 7.25. The topological polar surface area (TPSA) is 65.6 Å². The summed E-state index contributed by atoms with van der Waals surface area (Å²) in [6.07, 6.45) is 0.758. The lowest BCUT2D eigenvalue weighted by Crippen LogP contribution is -2.10. The van der Waals surface area contributed by atoms with Crippen molar-refractivity contribution in [3.63, 3.8) is 0 Å². The Hall–Kier alpha value is -4.19. The molecule has 0 radical (unpaired) electrons. The Morgan fingerprint density at radius 3 is 2.36 bits per heavy atom. The van der Waals surface area contributed by atoms with E-state index in [0.717, 1.165) is 40.3 Å². The fourth-order valence-electron chi connectivity index (χ4n) is 4.70. The second kappa shape index (κ2) is 10.2. The van der Waals surface area contributed by atoms with E-state index in [4.69, 9.17) is 0 Å². The van der Waals surface area contributed by atoms with Crippen LogP contribution in [0.5, 0.6) is 0 Å². The van der Waals surface area contributed by atoms with Gasteiger partial charge in [0.1, 0.15) is 23.3 Å². The lowest BCUT2D eigenvalue weighted by atomic mass is 10.0. The number of hydrogen-bond donors (Lipinski definition) is 3. The van der Waals surface area contributed by atoms with E-state index < -0.39 is 0 Å². The third kappa shape index (κ3) is 5.08. The molecule has 5 nitrogen and oxygen atoms in total. The Bertz CT molecular complexity index is 1510. The van der Waals surface area contributed by atoms with Crippen LogP contribution in [0, 0.1) is 26.6 Å². The van der Waals surface area contributed by atoms with Crippen LogP contribution in [-0.4, -0.2) is 21.5 Å².